The van der Waals surface area contributed by atoms with Crippen molar-refractivity contribution in [1.29, 1.82) is 0 Å². The van der Waals surface area contributed by atoms with Gasteiger partial charge in [-0.2, -0.15) is 0 Å². The number of hydrogen-bond donors (Lipinski definition) is 1. The molecule has 0 bridgehead atoms. The molecule has 1 saturated carbocycles. The lowest BCUT2D eigenvalue weighted by Gasteiger charge is -2.10. The highest BCUT2D eigenvalue weighted by atomic mass is 32.2. The molecule has 0 aliphatic heterocycles. The number of esters is 1. The summed E-state index contributed by atoms with van der Waals surface area (Å²) in [6.45, 7) is 2.99. The number of methoxy groups -OCH3 is 1. The summed E-state index contributed by atoms with van der Waals surface area (Å²) in [5, 5.41) is 11.8. The van der Waals surface area contributed by atoms with Crippen LogP contribution in [0.5, 0.6) is 0 Å². The first kappa shape index (κ1) is 19.1. The summed E-state index contributed by atoms with van der Waals surface area (Å²) >= 11 is 0. The second-order valence-corrected chi connectivity index (χ2v) is 8.39. The van der Waals surface area contributed by atoms with E-state index in [4.69, 9.17) is 9.15 Å². The Morgan fingerprint density at radius 1 is 1.28 bits per heavy atom. The van der Waals surface area contributed by atoms with Gasteiger partial charge in [-0.25, -0.2) is 17.9 Å². The van der Waals surface area contributed by atoms with E-state index in [-0.39, 0.29) is 28.0 Å². The minimum atomic E-state index is -4.11. The summed E-state index contributed by atoms with van der Waals surface area (Å²) in [5.74, 6) is 0.0625. The van der Waals surface area contributed by atoms with Crippen LogP contribution in [0.3, 0.4) is 0 Å². The van der Waals surface area contributed by atoms with Gasteiger partial charge in [0.25, 0.3) is 10.0 Å². The lowest BCUT2D eigenvalue weighted by molar-refractivity contribution is 0.0595. The molecular formula is C18H19N5O5S. The summed E-state index contributed by atoms with van der Waals surface area (Å²) in [6.07, 6.45) is 2.03. The van der Waals surface area contributed by atoms with Crippen LogP contribution in [-0.2, 0) is 14.8 Å². The second-order valence-electron chi connectivity index (χ2n) is 6.77. The maximum atomic E-state index is 13.0. The van der Waals surface area contributed by atoms with Crippen molar-refractivity contribution < 1.29 is 22.4 Å². The lowest BCUT2D eigenvalue weighted by atomic mass is 10.2. The van der Waals surface area contributed by atoms with Crippen molar-refractivity contribution in [1.82, 2.24) is 20.2 Å². The summed E-state index contributed by atoms with van der Waals surface area (Å²) in [7, 11) is -2.93. The minimum Gasteiger partial charge on any atom is -0.465 e. The van der Waals surface area contributed by atoms with Gasteiger partial charge in [0.15, 0.2) is 5.82 Å². The van der Waals surface area contributed by atoms with E-state index in [1.807, 2.05) is 0 Å². The van der Waals surface area contributed by atoms with E-state index in [9.17, 15) is 13.2 Å². The number of ether oxygens (including phenoxy) is 1. The average Bonchev–Trinajstić information content (AvgIpc) is 3.31. The van der Waals surface area contributed by atoms with E-state index in [0.29, 0.717) is 17.1 Å². The van der Waals surface area contributed by atoms with Crippen molar-refractivity contribution in [3.05, 3.63) is 41.3 Å². The molecule has 3 aromatic rings. The highest BCUT2D eigenvalue weighted by Crippen LogP contribution is 2.37. The third kappa shape index (κ3) is 3.48. The van der Waals surface area contributed by atoms with E-state index in [1.54, 1.807) is 28.9 Å². The summed E-state index contributed by atoms with van der Waals surface area (Å²) < 4.78 is 40.4. The van der Waals surface area contributed by atoms with Gasteiger partial charge >= 0.3 is 5.97 Å². The Morgan fingerprint density at radius 2 is 2.03 bits per heavy atom. The van der Waals surface area contributed by atoms with Crippen molar-refractivity contribution in [2.45, 2.75) is 37.6 Å². The SMILES string of the molecule is COC(=O)c1c(C)oc(C)c1S(=O)(=O)Nc1cccc(-c2nnnn2C2CC2)c1. The quantitative estimate of drug-likeness (QED) is 0.606. The van der Waals surface area contributed by atoms with Crippen molar-refractivity contribution in [2.75, 3.05) is 11.8 Å². The van der Waals surface area contributed by atoms with Gasteiger partial charge < -0.3 is 9.15 Å². The molecule has 0 unspecified atom stereocenters. The molecule has 152 valence electrons. The molecule has 0 spiro atoms. The fraction of sp³-hybridized carbons (Fsp3) is 0.333. The molecule has 1 aliphatic carbocycles. The number of rotatable bonds is 6. The van der Waals surface area contributed by atoms with Crippen LogP contribution < -0.4 is 4.72 Å². The molecule has 2 heterocycles. The molecule has 1 fully saturated rings. The van der Waals surface area contributed by atoms with Crippen LogP contribution in [0.15, 0.2) is 33.6 Å². The molecule has 0 amide bonds. The molecule has 0 saturated heterocycles. The summed E-state index contributed by atoms with van der Waals surface area (Å²) in [4.78, 5) is 11.8. The predicted octanol–water partition coefficient (Wildman–Crippen LogP) is 2.47. The van der Waals surface area contributed by atoms with Crippen molar-refractivity contribution in [3.63, 3.8) is 0 Å². The van der Waals surface area contributed by atoms with Gasteiger partial charge in [0, 0.05) is 11.3 Å². The van der Waals surface area contributed by atoms with Crippen LogP contribution in [0, 0.1) is 13.8 Å². The highest BCUT2D eigenvalue weighted by molar-refractivity contribution is 7.92. The number of aryl methyl sites for hydroxylation is 2. The Morgan fingerprint density at radius 3 is 2.72 bits per heavy atom. The Kier molecular flexibility index (Phi) is 4.61. The third-order valence-corrected chi connectivity index (χ3v) is 6.16. The first-order chi connectivity index (χ1) is 13.8. The maximum absolute atomic E-state index is 13.0. The molecule has 0 atom stereocenters. The summed E-state index contributed by atoms with van der Waals surface area (Å²) in [6, 6.07) is 7.03. The molecule has 1 aliphatic rings. The number of aromatic nitrogens is 4. The van der Waals surface area contributed by atoms with Gasteiger partial charge in [0.2, 0.25) is 0 Å². The van der Waals surface area contributed by atoms with Crippen LogP contribution in [0.2, 0.25) is 0 Å². The van der Waals surface area contributed by atoms with Gasteiger partial charge in [-0.05, 0) is 49.2 Å². The average molecular weight is 417 g/mol. The number of sulfonamides is 1. The zero-order valence-electron chi connectivity index (χ0n) is 16.0. The van der Waals surface area contributed by atoms with Gasteiger partial charge in [-0.15, -0.1) is 5.10 Å². The molecule has 0 radical (unpaired) electrons. The Balaban J connectivity index is 1.70. The number of hydrogen-bond acceptors (Lipinski definition) is 8. The summed E-state index contributed by atoms with van der Waals surface area (Å²) in [5.41, 5.74) is 0.864. The second kappa shape index (κ2) is 6.99. The number of nitrogens with zero attached hydrogens (tertiary/aromatic N) is 4. The van der Waals surface area contributed by atoms with E-state index in [2.05, 4.69) is 20.2 Å². The van der Waals surface area contributed by atoms with Crippen LogP contribution in [0.4, 0.5) is 5.69 Å². The lowest BCUT2D eigenvalue weighted by Crippen LogP contribution is -2.17. The third-order valence-electron chi connectivity index (χ3n) is 4.62. The van der Waals surface area contributed by atoms with Gasteiger partial charge in [0.1, 0.15) is 22.0 Å². The molecule has 11 heteroatoms. The number of furan rings is 1. The Hall–Kier alpha value is -3.21. The Labute approximate surface area is 166 Å². The minimum absolute atomic E-state index is 0.101. The molecule has 2 aromatic heterocycles. The number of benzene rings is 1. The van der Waals surface area contributed by atoms with Crippen molar-refractivity contribution >= 4 is 21.7 Å². The smallest absolute Gasteiger partial charge is 0.342 e. The fourth-order valence-corrected chi connectivity index (χ4v) is 4.66. The van der Waals surface area contributed by atoms with Crippen molar-refractivity contribution in [2.24, 2.45) is 0 Å². The maximum Gasteiger partial charge on any atom is 0.342 e. The fourth-order valence-electron chi connectivity index (χ4n) is 3.20. The number of anilines is 1. The zero-order valence-corrected chi connectivity index (χ0v) is 16.9. The molecule has 29 heavy (non-hydrogen) atoms. The highest BCUT2D eigenvalue weighted by Gasteiger charge is 2.32. The van der Waals surface area contributed by atoms with Crippen molar-refractivity contribution in [3.8, 4) is 11.4 Å². The number of tetrazole rings is 1. The van der Waals surface area contributed by atoms with E-state index >= 15 is 0 Å². The molecule has 1 aromatic carbocycles. The van der Waals surface area contributed by atoms with Crippen LogP contribution in [0.25, 0.3) is 11.4 Å². The molecule has 4 rings (SSSR count). The number of carbonyl (C=O) groups is 1. The normalized spacial score (nSPS) is 14.0. The predicted molar refractivity (Wildman–Crippen MR) is 102 cm³/mol. The standard InChI is InChI=1S/C18H19N5O5S/c1-10-15(18(24)27-3)16(11(2)28-10)29(25,26)20-13-6-4-5-12(9-13)17-19-21-22-23(17)14-7-8-14/h4-6,9,14,20H,7-8H2,1-3H3. The Bertz CT molecular complexity index is 1190. The topological polar surface area (TPSA) is 129 Å². The monoisotopic (exact) mass is 417 g/mol. The van der Waals surface area contributed by atoms with Gasteiger partial charge in [-0.1, -0.05) is 12.1 Å². The first-order valence-electron chi connectivity index (χ1n) is 8.91. The number of carbonyl (C=O) groups excluding carboxylic acids is 1. The van der Waals surface area contributed by atoms with E-state index in [0.717, 1.165) is 12.8 Å². The molecule has 10 nitrogen and oxygen atoms in total. The van der Waals surface area contributed by atoms with Crippen LogP contribution >= 0.6 is 0 Å². The van der Waals surface area contributed by atoms with Gasteiger partial charge in [0.05, 0.1) is 13.2 Å². The van der Waals surface area contributed by atoms with E-state index < -0.39 is 16.0 Å². The first-order valence-corrected chi connectivity index (χ1v) is 10.4. The number of nitrogens with one attached hydrogen (secondary N) is 1. The van der Waals surface area contributed by atoms with Gasteiger partial charge in [-0.3, -0.25) is 4.72 Å². The largest absolute Gasteiger partial charge is 0.465 e. The molecular weight excluding hydrogens is 398 g/mol. The molecule has 1 N–H and O–H groups in total. The zero-order chi connectivity index (χ0) is 20.8. The van der Waals surface area contributed by atoms with Crippen LogP contribution in [0.1, 0.15) is 40.8 Å². The van der Waals surface area contributed by atoms with E-state index in [1.165, 1.54) is 21.0 Å². The van der Waals surface area contributed by atoms with Crippen LogP contribution in [-0.4, -0.2) is 41.7 Å².